The Balaban J connectivity index is 0.00000576. The van der Waals surface area contributed by atoms with Crippen LogP contribution < -0.4 is 15.8 Å². The second-order valence-corrected chi connectivity index (χ2v) is 8.16. The van der Waals surface area contributed by atoms with Gasteiger partial charge in [0, 0.05) is 18.5 Å². The van der Waals surface area contributed by atoms with Crippen molar-refractivity contribution in [2.24, 2.45) is 10.1 Å². The highest BCUT2D eigenvalue weighted by Crippen LogP contribution is 2.24. The van der Waals surface area contributed by atoms with E-state index in [-0.39, 0.29) is 41.7 Å². The minimum atomic E-state index is -3.47. The topological polar surface area (TPSA) is 96.6 Å². The summed E-state index contributed by atoms with van der Waals surface area (Å²) in [6, 6.07) is 8.60. The smallest absolute Gasteiger partial charge is 0.210 e. The molecule has 25 heavy (non-hydrogen) atoms. The zero-order valence-corrected chi connectivity index (χ0v) is 18.6. The Hall–Kier alpha value is -0.870. The molecule has 0 aromatic heterocycles. The van der Waals surface area contributed by atoms with Gasteiger partial charge in [0.15, 0.2) is 5.96 Å². The Kier molecular flexibility index (Phi) is 10.6. The van der Waals surface area contributed by atoms with E-state index in [2.05, 4.69) is 60.7 Å². The van der Waals surface area contributed by atoms with Crippen molar-refractivity contribution in [1.82, 2.24) is 10.6 Å². The lowest BCUT2D eigenvalue weighted by atomic mass is 9.84. The molecule has 0 fully saturated rings. The van der Waals surface area contributed by atoms with E-state index in [0.29, 0.717) is 19.0 Å². The number of nitrogens with two attached hydrogens (primary N) is 1. The second-order valence-electron chi connectivity index (χ2n) is 6.42. The SMILES string of the molecule is CCNC(=NCC(C)(C)c1ccc(CC)cc1)NCCS(N)(=O)=O.I. The summed E-state index contributed by atoms with van der Waals surface area (Å²) in [5.74, 6) is 0.471. The van der Waals surface area contributed by atoms with Crippen LogP contribution in [-0.2, 0) is 21.9 Å². The van der Waals surface area contributed by atoms with Crippen molar-refractivity contribution in [3.8, 4) is 0 Å². The molecule has 8 heteroatoms. The third-order valence-electron chi connectivity index (χ3n) is 3.80. The Morgan fingerprint density at radius 3 is 2.24 bits per heavy atom. The number of guanidine groups is 1. The molecule has 144 valence electrons. The molecule has 0 unspecified atom stereocenters. The molecule has 0 spiro atoms. The molecule has 0 saturated heterocycles. The van der Waals surface area contributed by atoms with Crippen molar-refractivity contribution in [2.45, 2.75) is 39.5 Å². The standard InChI is InChI=1S/C17H30N4O2S.HI/c1-5-14-7-9-15(10-8-14)17(3,4)13-21-16(19-6-2)20-11-12-24(18,22)23;/h7-10H,5-6,11-13H2,1-4H3,(H2,18,22,23)(H2,19,20,21);1H. The number of halogens is 1. The van der Waals surface area contributed by atoms with E-state index < -0.39 is 10.0 Å². The number of nitrogens with zero attached hydrogens (tertiary/aromatic N) is 1. The Morgan fingerprint density at radius 1 is 1.16 bits per heavy atom. The number of primary sulfonamides is 1. The first kappa shape index (κ1) is 24.1. The van der Waals surface area contributed by atoms with Gasteiger partial charge in [-0.2, -0.15) is 0 Å². The van der Waals surface area contributed by atoms with Crippen molar-refractivity contribution < 1.29 is 8.42 Å². The highest BCUT2D eigenvalue weighted by atomic mass is 127. The number of benzene rings is 1. The third-order valence-corrected chi connectivity index (χ3v) is 4.57. The quantitative estimate of drug-likeness (QED) is 0.300. The van der Waals surface area contributed by atoms with E-state index in [1.165, 1.54) is 11.1 Å². The molecule has 6 nitrogen and oxygen atoms in total. The molecular formula is C17H31IN4O2S. The summed E-state index contributed by atoms with van der Waals surface area (Å²) in [5, 5.41) is 11.1. The van der Waals surface area contributed by atoms with E-state index in [1.807, 2.05) is 6.92 Å². The third kappa shape index (κ3) is 9.41. The highest BCUT2D eigenvalue weighted by Gasteiger charge is 2.20. The molecule has 0 aliphatic carbocycles. The monoisotopic (exact) mass is 482 g/mol. The van der Waals surface area contributed by atoms with Crippen molar-refractivity contribution >= 4 is 40.0 Å². The van der Waals surface area contributed by atoms with Crippen LogP contribution in [0.4, 0.5) is 0 Å². The van der Waals surface area contributed by atoms with Gasteiger partial charge in [0.2, 0.25) is 10.0 Å². The number of hydrogen-bond acceptors (Lipinski definition) is 3. The lowest BCUT2D eigenvalue weighted by molar-refractivity contribution is 0.537. The summed E-state index contributed by atoms with van der Waals surface area (Å²) in [6.45, 7) is 9.91. The van der Waals surface area contributed by atoms with Crippen LogP contribution in [0, 0.1) is 0 Å². The van der Waals surface area contributed by atoms with Crippen LogP contribution >= 0.6 is 24.0 Å². The lowest BCUT2D eigenvalue weighted by Gasteiger charge is -2.24. The molecule has 0 heterocycles. The van der Waals surface area contributed by atoms with Crippen LogP contribution in [0.15, 0.2) is 29.3 Å². The minimum absolute atomic E-state index is 0. The van der Waals surface area contributed by atoms with Gasteiger partial charge in [-0.05, 0) is 24.5 Å². The van der Waals surface area contributed by atoms with Gasteiger partial charge in [-0.1, -0.05) is 45.0 Å². The zero-order valence-electron chi connectivity index (χ0n) is 15.5. The zero-order chi connectivity index (χ0) is 18.2. The lowest BCUT2D eigenvalue weighted by Crippen LogP contribution is -2.41. The largest absolute Gasteiger partial charge is 0.357 e. The predicted octanol–water partition coefficient (Wildman–Crippen LogP) is 1.99. The van der Waals surface area contributed by atoms with Crippen molar-refractivity contribution in [3.05, 3.63) is 35.4 Å². The van der Waals surface area contributed by atoms with E-state index in [9.17, 15) is 8.42 Å². The first-order valence-electron chi connectivity index (χ1n) is 8.30. The first-order valence-corrected chi connectivity index (χ1v) is 10.0. The van der Waals surface area contributed by atoms with Crippen molar-refractivity contribution in [3.63, 3.8) is 0 Å². The summed E-state index contributed by atoms with van der Waals surface area (Å²) in [5.41, 5.74) is 2.43. The molecule has 0 amide bonds. The Morgan fingerprint density at radius 2 is 1.76 bits per heavy atom. The van der Waals surface area contributed by atoms with Crippen LogP contribution in [-0.4, -0.2) is 39.8 Å². The summed E-state index contributed by atoms with van der Waals surface area (Å²) in [6.07, 6.45) is 1.03. The molecule has 1 aromatic carbocycles. The fraction of sp³-hybridized carbons (Fsp3) is 0.588. The predicted molar refractivity (Wildman–Crippen MR) is 116 cm³/mol. The van der Waals surface area contributed by atoms with Gasteiger partial charge in [0.05, 0.1) is 12.3 Å². The first-order chi connectivity index (χ1) is 11.2. The van der Waals surface area contributed by atoms with E-state index in [1.54, 1.807) is 0 Å². The van der Waals surface area contributed by atoms with Gasteiger partial charge >= 0.3 is 0 Å². The van der Waals surface area contributed by atoms with Crippen molar-refractivity contribution in [1.29, 1.82) is 0 Å². The van der Waals surface area contributed by atoms with Crippen LogP contribution in [0.1, 0.15) is 38.8 Å². The molecule has 0 aliphatic rings. The fourth-order valence-electron chi connectivity index (χ4n) is 2.21. The molecular weight excluding hydrogens is 451 g/mol. The van der Waals surface area contributed by atoms with Crippen LogP contribution in [0.25, 0.3) is 0 Å². The number of rotatable bonds is 8. The van der Waals surface area contributed by atoms with Crippen LogP contribution in [0.3, 0.4) is 0 Å². The molecule has 4 N–H and O–H groups in total. The Bertz CT molecular complexity index is 643. The molecule has 1 rings (SSSR count). The Labute approximate surface area is 169 Å². The maximum atomic E-state index is 11.0. The van der Waals surface area contributed by atoms with Gasteiger partial charge in [-0.3, -0.25) is 4.99 Å². The van der Waals surface area contributed by atoms with Gasteiger partial charge in [0.1, 0.15) is 0 Å². The number of hydrogen-bond donors (Lipinski definition) is 3. The maximum absolute atomic E-state index is 11.0. The minimum Gasteiger partial charge on any atom is -0.357 e. The van der Waals surface area contributed by atoms with E-state index in [0.717, 1.165) is 6.42 Å². The van der Waals surface area contributed by atoms with E-state index in [4.69, 9.17) is 5.14 Å². The summed E-state index contributed by atoms with van der Waals surface area (Å²) >= 11 is 0. The van der Waals surface area contributed by atoms with Crippen LogP contribution in [0.5, 0.6) is 0 Å². The number of sulfonamides is 1. The van der Waals surface area contributed by atoms with Crippen molar-refractivity contribution in [2.75, 3.05) is 25.4 Å². The fourth-order valence-corrected chi connectivity index (χ4v) is 2.60. The average Bonchev–Trinajstić information content (AvgIpc) is 2.51. The molecule has 0 radical (unpaired) electrons. The number of aryl methyl sites for hydroxylation is 1. The number of aliphatic imine (C=N–C) groups is 1. The maximum Gasteiger partial charge on any atom is 0.210 e. The molecule has 0 saturated carbocycles. The normalized spacial score (nSPS) is 12.4. The average molecular weight is 482 g/mol. The molecule has 0 aliphatic heterocycles. The summed E-state index contributed by atoms with van der Waals surface area (Å²) in [7, 11) is -3.47. The van der Waals surface area contributed by atoms with E-state index >= 15 is 0 Å². The van der Waals surface area contributed by atoms with Gasteiger partial charge in [-0.25, -0.2) is 13.6 Å². The van der Waals surface area contributed by atoms with Crippen LogP contribution in [0.2, 0.25) is 0 Å². The molecule has 0 bridgehead atoms. The van der Waals surface area contributed by atoms with Gasteiger partial charge < -0.3 is 10.6 Å². The van der Waals surface area contributed by atoms with Gasteiger partial charge in [-0.15, -0.1) is 24.0 Å². The van der Waals surface area contributed by atoms with Gasteiger partial charge in [0.25, 0.3) is 0 Å². The highest BCUT2D eigenvalue weighted by molar-refractivity contribution is 14.0. The summed E-state index contributed by atoms with van der Waals surface area (Å²) < 4.78 is 22.0. The molecule has 1 aromatic rings. The second kappa shape index (κ2) is 11.0. The molecule has 0 atom stereocenters. The summed E-state index contributed by atoms with van der Waals surface area (Å²) in [4.78, 5) is 4.58. The number of nitrogens with one attached hydrogen (secondary N) is 2.